The van der Waals surface area contributed by atoms with Gasteiger partial charge in [0.2, 0.25) is 0 Å². The van der Waals surface area contributed by atoms with Crippen LogP contribution in [-0.2, 0) is 5.75 Å². The number of halogens is 1. The predicted molar refractivity (Wildman–Crippen MR) is 61.4 cm³/mol. The molecule has 0 spiro atoms. The minimum atomic E-state index is -0.187. The molecular formula is C11H11FN2S. The van der Waals surface area contributed by atoms with Crippen LogP contribution in [0.3, 0.4) is 0 Å². The Kier molecular flexibility index (Phi) is 2.77. The summed E-state index contributed by atoms with van der Waals surface area (Å²) in [4.78, 5) is 7.25. The van der Waals surface area contributed by atoms with Crippen molar-refractivity contribution in [3.8, 4) is 11.3 Å². The third-order valence-electron chi connectivity index (χ3n) is 2.25. The molecule has 2 nitrogen and oxygen atoms in total. The highest BCUT2D eigenvalue weighted by atomic mass is 32.1. The van der Waals surface area contributed by atoms with Crippen LogP contribution in [0.25, 0.3) is 11.3 Å². The predicted octanol–water partition coefficient (Wildman–Crippen LogP) is 2.95. The van der Waals surface area contributed by atoms with E-state index in [1.54, 1.807) is 25.3 Å². The lowest BCUT2D eigenvalue weighted by Gasteiger charge is -2.00. The molecule has 0 bridgehead atoms. The summed E-state index contributed by atoms with van der Waals surface area (Å²) < 4.78 is 13.0. The second-order valence-corrected chi connectivity index (χ2v) is 3.68. The highest BCUT2D eigenvalue weighted by Gasteiger charge is 2.04. The number of benzene rings is 1. The fourth-order valence-electron chi connectivity index (χ4n) is 1.40. The van der Waals surface area contributed by atoms with Gasteiger partial charge in [-0.2, -0.15) is 12.6 Å². The zero-order chi connectivity index (χ0) is 10.8. The summed E-state index contributed by atoms with van der Waals surface area (Å²) in [6.07, 6.45) is 1.73. The van der Waals surface area contributed by atoms with Crippen LogP contribution in [0.5, 0.6) is 0 Å². The summed E-state index contributed by atoms with van der Waals surface area (Å²) in [5.74, 6) is 1.20. The number of H-pyrrole nitrogens is 1. The lowest BCUT2D eigenvalue weighted by atomic mass is 10.1. The third-order valence-corrected chi connectivity index (χ3v) is 2.55. The first kappa shape index (κ1) is 10.2. The Morgan fingerprint density at radius 2 is 2.27 bits per heavy atom. The van der Waals surface area contributed by atoms with E-state index in [9.17, 15) is 4.39 Å². The van der Waals surface area contributed by atoms with E-state index < -0.39 is 0 Å². The zero-order valence-electron chi connectivity index (χ0n) is 8.29. The van der Waals surface area contributed by atoms with Gasteiger partial charge in [0.25, 0.3) is 0 Å². The van der Waals surface area contributed by atoms with Crippen molar-refractivity contribution >= 4 is 12.6 Å². The number of rotatable bonds is 2. The molecule has 0 atom stereocenters. The Labute approximate surface area is 93.0 Å². The number of aryl methyl sites for hydroxylation is 1. The average Bonchev–Trinajstić information content (AvgIpc) is 2.70. The first-order chi connectivity index (χ1) is 7.20. The highest BCUT2D eigenvalue weighted by molar-refractivity contribution is 7.79. The van der Waals surface area contributed by atoms with Crippen molar-refractivity contribution in [2.75, 3.05) is 0 Å². The molecule has 1 aromatic carbocycles. The number of hydrogen-bond donors (Lipinski definition) is 2. The second-order valence-electron chi connectivity index (χ2n) is 3.37. The van der Waals surface area contributed by atoms with Gasteiger partial charge < -0.3 is 4.98 Å². The number of aromatic nitrogens is 2. The second kappa shape index (κ2) is 4.06. The molecule has 1 N–H and O–H groups in total. The van der Waals surface area contributed by atoms with Gasteiger partial charge in [0.15, 0.2) is 0 Å². The van der Waals surface area contributed by atoms with Crippen molar-refractivity contribution in [3.63, 3.8) is 0 Å². The van der Waals surface area contributed by atoms with Crippen molar-refractivity contribution in [2.45, 2.75) is 12.7 Å². The van der Waals surface area contributed by atoms with Crippen LogP contribution in [0.2, 0.25) is 0 Å². The first-order valence-corrected chi connectivity index (χ1v) is 5.25. The van der Waals surface area contributed by atoms with E-state index in [1.807, 2.05) is 0 Å². The molecule has 0 unspecified atom stereocenters. The van der Waals surface area contributed by atoms with E-state index in [-0.39, 0.29) is 5.82 Å². The number of aromatic amines is 1. The summed E-state index contributed by atoms with van der Waals surface area (Å²) in [6.45, 7) is 1.74. The Balaban J connectivity index is 2.40. The van der Waals surface area contributed by atoms with Crippen LogP contribution in [0.15, 0.2) is 24.4 Å². The normalized spacial score (nSPS) is 10.6. The maximum atomic E-state index is 13.0. The van der Waals surface area contributed by atoms with Gasteiger partial charge in [-0.1, -0.05) is 0 Å². The maximum Gasteiger partial charge on any atom is 0.126 e. The number of hydrogen-bond acceptors (Lipinski definition) is 2. The monoisotopic (exact) mass is 222 g/mol. The van der Waals surface area contributed by atoms with Gasteiger partial charge in [0, 0.05) is 11.3 Å². The van der Waals surface area contributed by atoms with E-state index in [2.05, 4.69) is 22.6 Å². The summed E-state index contributed by atoms with van der Waals surface area (Å²) in [6, 6.07) is 5.00. The van der Waals surface area contributed by atoms with Gasteiger partial charge in [0.1, 0.15) is 11.6 Å². The molecule has 0 aliphatic rings. The van der Waals surface area contributed by atoms with Crippen molar-refractivity contribution in [1.82, 2.24) is 9.97 Å². The molecule has 15 heavy (non-hydrogen) atoms. The molecule has 2 rings (SSSR count). The molecule has 1 heterocycles. The van der Waals surface area contributed by atoms with Crippen molar-refractivity contribution in [3.05, 3.63) is 41.6 Å². The molecule has 0 radical (unpaired) electrons. The SMILES string of the molecule is Cc1cc(-c2cnc(CS)[nH]2)ccc1F. The number of thiol groups is 1. The van der Waals surface area contributed by atoms with Crippen LogP contribution in [0.4, 0.5) is 4.39 Å². The number of nitrogens with one attached hydrogen (secondary N) is 1. The van der Waals surface area contributed by atoms with Gasteiger partial charge in [-0.25, -0.2) is 9.37 Å². The van der Waals surface area contributed by atoms with Gasteiger partial charge in [-0.3, -0.25) is 0 Å². The molecular weight excluding hydrogens is 211 g/mol. The summed E-state index contributed by atoms with van der Waals surface area (Å²) >= 11 is 4.12. The fraction of sp³-hybridized carbons (Fsp3) is 0.182. The largest absolute Gasteiger partial charge is 0.341 e. The maximum absolute atomic E-state index is 13.0. The molecule has 4 heteroatoms. The molecule has 0 saturated heterocycles. The Morgan fingerprint density at radius 1 is 1.47 bits per heavy atom. The van der Waals surface area contributed by atoms with Gasteiger partial charge in [-0.05, 0) is 30.7 Å². The molecule has 0 amide bonds. The summed E-state index contributed by atoms with van der Waals surface area (Å²) in [7, 11) is 0. The van der Waals surface area contributed by atoms with Crippen LogP contribution in [-0.4, -0.2) is 9.97 Å². The molecule has 0 fully saturated rings. The third kappa shape index (κ3) is 2.04. The van der Waals surface area contributed by atoms with E-state index in [0.717, 1.165) is 17.1 Å². The summed E-state index contributed by atoms with van der Waals surface area (Å²) in [5, 5.41) is 0. The fourth-order valence-corrected chi connectivity index (χ4v) is 1.56. The van der Waals surface area contributed by atoms with Crippen molar-refractivity contribution < 1.29 is 4.39 Å². The Hall–Kier alpha value is -1.29. The van der Waals surface area contributed by atoms with Gasteiger partial charge in [-0.15, -0.1) is 0 Å². The Bertz CT molecular complexity index is 479. The zero-order valence-corrected chi connectivity index (χ0v) is 9.18. The molecule has 78 valence electrons. The summed E-state index contributed by atoms with van der Waals surface area (Å²) in [5.41, 5.74) is 2.46. The molecule has 0 aliphatic heterocycles. The quantitative estimate of drug-likeness (QED) is 0.751. The average molecular weight is 222 g/mol. The molecule has 0 saturated carbocycles. The van der Waals surface area contributed by atoms with Crippen molar-refractivity contribution in [1.29, 1.82) is 0 Å². The molecule has 1 aromatic heterocycles. The lowest BCUT2D eigenvalue weighted by molar-refractivity contribution is 0.619. The molecule has 2 aromatic rings. The van der Waals surface area contributed by atoms with E-state index in [0.29, 0.717) is 11.3 Å². The Morgan fingerprint density at radius 3 is 2.87 bits per heavy atom. The number of imidazole rings is 1. The minimum Gasteiger partial charge on any atom is -0.341 e. The lowest BCUT2D eigenvalue weighted by Crippen LogP contribution is -1.85. The minimum absolute atomic E-state index is 0.187. The topological polar surface area (TPSA) is 28.7 Å². The highest BCUT2D eigenvalue weighted by Crippen LogP contribution is 2.20. The first-order valence-electron chi connectivity index (χ1n) is 4.62. The van der Waals surface area contributed by atoms with Crippen LogP contribution >= 0.6 is 12.6 Å². The van der Waals surface area contributed by atoms with Crippen molar-refractivity contribution in [2.24, 2.45) is 0 Å². The van der Waals surface area contributed by atoms with Crippen LogP contribution in [0, 0.1) is 12.7 Å². The van der Waals surface area contributed by atoms with E-state index >= 15 is 0 Å². The van der Waals surface area contributed by atoms with Crippen LogP contribution in [0.1, 0.15) is 11.4 Å². The number of nitrogens with zero attached hydrogens (tertiary/aromatic N) is 1. The van der Waals surface area contributed by atoms with Gasteiger partial charge in [0.05, 0.1) is 11.9 Å². The smallest absolute Gasteiger partial charge is 0.126 e. The van der Waals surface area contributed by atoms with Gasteiger partial charge >= 0.3 is 0 Å². The van der Waals surface area contributed by atoms with Crippen LogP contribution < -0.4 is 0 Å². The van der Waals surface area contributed by atoms with E-state index in [4.69, 9.17) is 0 Å². The molecule has 0 aliphatic carbocycles. The van der Waals surface area contributed by atoms with E-state index in [1.165, 1.54) is 6.07 Å². The standard InChI is InChI=1S/C11H11FN2S/c1-7-4-8(2-3-9(7)12)10-5-13-11(6-15)14-10/h2-5,15H,6H2,1H3,(H,13,14).